The lowest BCUT2D eigenvalue weighted by Crippen LogP contribution is -2.38. The number of benzene rings is 1. The number of halogens is 1. The topological polar surface area (TPSA) is 136 Å². The van der Waals surface area contributed by atoms with Crippen LogP contribution in [0.1, 0.15) is 18.9 Å². The van der Waals surface area contributed by atoms with Crippen LogP contribution in [0.5, 0.6) is 11.5 Å². The maximum Gasteiger partial charge on any atom is 0.341 e. The minimum absolute atomic E-state index is 0.0857. The van der Waals surface area contributed by atoms with E-state index in [1.807, 2.05) is 0 Å². The summed E-state index contributed by atoms with van der Waals surface area (Å²) in [5.41, 5.74) is 2.53. The number of carboxylic acids is 1. The Morgan fingerprint density at radius 2 is 2.00 bits per heavy atom. The fourth-order valence-corrected chi connectivity index (χ4v) is 2.19. The van der Waals surface area contributed by atoms with Gasteiger partial charge in [0.1, 0.15) is 0 Å². The van der Waals surface area contributed by atoms with Gasteiger partial charge < -0.3 is 24.6 Å². The van der Waals surface area contributed by atoms with Crippen molar-refractivity contribution in [3.8, 4) is 11.5 Å². The Hall–Kier alpha value is -2.85. The van der Waals surface area contributed by atoms with E-state index in [-0.39, 0.29) is 16.5 Å². The Morgan fingerprint density at radius 3 is 2.64 bits per heavy atom. The lowest BCUT2D eigenvalue weighted by atomic mass is 10.2. The van der Waals surface area contributed by atoms with Gasteiger partial charge in [0.05, 0.1) is 17.8 Å². The first-order valence-electron chi connectivity index (χ1n) is 8.30. The van der Waals surface area contributed by atoms with E-state index in [9.17, 15) is 14.4 Å². The van der Waals surface area contributed by atoms with E-state index in [1.165, 1.54) is 25.5 Å². The number of hydrogen-bond acceptors (Lipinski definition) is 7. The van der Waals surface area contributed by atoms with E-state index >= 15 is 0 Å². The smallest absolute Gasteiger partial charge is 0.341 e. The van der Waals surface area contributed by atoms with Gasteiger partial charge in [-0.1, -0.05) is 11.6 Å². The van der Waals surface area contributed by atoms with Gasteiger partial charge >= 0.3 is 17.8 Å². The van der Waals surface area contributed by atoms with Crippen LogP contribution in [0.3, 0.4) is 0 Å². The van der Waals surface area contributed by atoms with Crippen LogP contribution >= 0.6 is 11.6 Å². The monoisotopic (exact) mass is 415 g/mol. The van der Waals surface area contributed by atoms with Gasteiger partial charge in [0, 0.05) is 20.3 Å². The minimum Gasteiger partial charge on any atom is -0.490 e. The van der Waals surface area contributed by atoms with Crippen molar-refractivity contribution in [1.82, 2.24) is 10.7 Å². The van der Waals surface area contributed by atoms with Gasteiger partial charge in [0.15, 0.2) is 18.1 Å². The predicted molar refractivity (Wildman–Crippen MR) is 101 cm³/mol. The molecule has 10 nitrogen and oxygen atoms in total. The van der Waals surface area contributed by atoms with Crippen LogP contribution in [0.15, 0.2) is 17.2 Å². The van der Waals surface area contributed by atoms with E-state index in [2.05, 4.69) is 15.8 Å². The maximum absolute atomic E-state index is 11.6. The molecule has 154 valence electrons. The number of hydrazone groups is 1. The highest BCUT2D eigenvalue weighted by molar-refractivity contribution is 6.35. The third-order valence-electron chi connectivity index (χ3n) is 3.07. The first-order valence-corrected chi connectivity index (χ1v) is 8.67. The van der Waals surface area contributed by atoms with Crippen LogP contribution in [0, 0.1) is 0 Å². The molecule has 0 atom stereocenters. The molecule has 0 aliphatic carbocycles. The highest BCUT2D eigenvalue weighted by atomic mass is 35.5. The molecule has 0 bridgehead atoms. The van der Waals surface area contributed by atoms with Crippen molar-refractivity contribution in [2.45, 2.75) is 13.3 Å². The van der Waals surface area contributed by atoms with E-state index in [4.69, 9.17) is 30.9 Å². The van der Waals surface area contributed by atoms with Gasteiger partial charge in [-0.15, -0.1) is 0 Å². The van der Waals surface area contributed by atoms with Crippen LogP contribution in [0.4, 0.5) is 0 Å². The zero-order valence-corrected chi connectivity index (χ0v) is 16.2. The van der Waals surface area contributed by atoms with E-state index in [1.54, 1.807) is 6.92 Å². The Labute approximate surface area is 166 Å². The Bertz CT molecular complexity index is 725. The molecule has 0 unspecified atom stereocenters. The molecule has 0 aliphatic rings. The largest absolute Gasteiger partial charge is 0.490 e. The van der Waals surface area contributed by atoms with Crippen LogP contribution in [0.25, 0.3) is 0 Å². The van der Waals surface area contributed by atoms with Gasteiger partial charge in [-0.3, -0.25) is 9.59 Å². The normalized spacial score (nSPS) is 10.5. The molecule has 0 fully saturated rings. The summed E-state index contributed by atoms with van der Waals surface area (Å²) in [7, 11) is 1.54. The van der Waals surface area contributed by atoms with Crippen LogP contribution in [-0.2, 0) is 19.1 Å². The molecule has 1 aromatic rings. The van der Waals surface area contributed by atoms with Crippen LogP contribution < -0.4 is 20.2 Å². The molecule has 1 rings (SSSR count). The van der Waals surface area contributed by atoms with E-state index in [0.29, 0.717) is 31.7 Å². The summed E-state index contributed by atoms with van der Waals surface area (Å²) in [6.07, 6.45) is 1.83. The van der Waals surface area contributed by atoms with Crippen LogP contribution in [-0.4, -0.2) is 62.6 Å². The molecule has 0 heterocycles. The number of nitrogens with one attached hydrogen (secondary N) is 2. The Morgan fingerprint density at radius 1 is 1.25 bits per heavy atom. The van der Waals surface area contributed by atoms with Crippen molar-refractivity contribution in [2.75, 3.05) is 33.5 Å². The summed E-state index contributed by atoms with van der Waals surface area (Å²) >= 11 is 6.11. The molecular formula is C17H22ClN3O7. The highest BCUT2D eigenvalue weighted by Crippen LogP contribution is 2.36. The lowest BCUT2D eigenvalue weighted by Gasteiger charge is -2.13. The third kappa shape index (κ3) is 8.23. The molecule has 0 spiro atoms. The van der Waals surface area contributed by atoms with Crippen molar-refractivity contribution in [3.63, 3.8) is 0 Å². The molecule has 0 saturated carbocycles. The van der Waals surface area contributed by atoms with Gasteiger partial charge in [0.2, 0.25) is 0 Å². The summed E-state index contributed by atoms with van der Waals surface area (Å²) < 4.78 is 15.4. The van der Waals surface area contributed by atoms with Gasteiger partial charge in [-0.25, -0.2) is 10.2 Å². The summed E-state index contributed by atoms with van der Waals surface area (Å²) in [4.78, 5) is 33.9. The number of carboxylic acid groups (broad SMARTS) is 1. The van der Waals surface area contributed by atoms with Gasteiger partial charge in [0.25, 0.3) is 0 Å². The fraction of sp³-hybridized carbons (Fsp3) is 0.412. The number of nitrogens with zero attached hydrogens (tertiary/aromatic N) is 1. The minimum atomic E-state index is -1.16. The highest BCUT2D eigenvalue weighted by Gasteiger charge is 2.14. The molecule has 1 aromatic carbocycles. The number of methoxy groups -OCH3 is 1. The molecule has 2 amide bonds. The second kappa shape index (κ2) is 12.5. The van der Waals surface area contributed by atoms with Crippen molar-refractivity contribution in [3.05, 3.63) is 22.7 Å². The average Bonchev–Trinajstić information content (AvgIpc) is 2.64. The third-order valence-corrected chi connectivity index (χ3v) is 3.35. The summed E-state index contributed by atoms with van der Waals surface area (Å²) in [6.45, 7) is 2.22. The van der Waals surface area contributed by atoms with Gasteiger partial charge in [-0.2, -0.15) is 5.10 Å². The molecule has 3 N–H and O–H groups in total. The summed E-state index contributed by atoms with van der Waals surface area (Å²) in [5.74, 6) is -2.60. The lowest BCUT2D eigenvalue weighted by molar-refractivity contribution is -0.139. The van der Waals surface area contributed by atoms with E-state index < -0.39 is 24.4 Å². The predicted octanol–water partition coefficient (Wildman–Crippen LogP) is 0.805. The Balaban J connectivity index is 2.73. The second-order valence-corrected chi connectivity index (χ2v) is 5.65. The number of hydrogen-bond donors (Lipinski definition) is 3. The number of ether oxygens (including phenoxy) is 3. The SMILES string of the molecule is CCOc1cc(/C=N\NC(=O)C(=O)NCCCOC)cc(Cl)c1OCC(=O)O. The fourth-order valence-electron chi connectivity index (χ4n) is 1.91. The molecule has 28 heavy (non-hydrogen) atoms. The van der Waals surface area contributed by atoms with Gasteiger partial charge in [-0.05, 0) is 31.0 Å². The molecule has 0 aromatic heterocycles. The van der Waals surface area contributed by atoms with Crippen LogP contribution in [0.2, 0.25) is 5.02 Å². The standard InChI is InChI=1S/C17H22ClN3O7/c1-3-27-13-8-11(7-12(18)15(13)28-10-14(22)23)9-20-21-17(25)16(24)19-5-4-6-26-2/h7-9H,3-6,10H2,1-2H3,(H,19,24)(H,21,25)(H,22,23)/b20-9-. The molecule has 0 saturated heterocycles. The molecule has 11 heteroatoms. The molecular weight excluding hydrogens is 394 g/mol. The Kier molecular flexibility index (Phi) is 10.4. The molecule has 0 radical (unpaired) electrons. The average molecular weight is 416 g/mol. The zero-order chi connectivity index (χ0) is 20.9. The number of carbonyl (C=O) groups excluding carboxylic acids is 2. The quantitative estimate of drug-likeness (QED) is 0.210. The number of carbonyl (C=O) groups is 3. The van der Waals surface area contributed by atoms with Crippen molar-refractivity contribution >= 4 is 35.6 Å². The number of rotatable bonds is 11. The summed E-state index contributed by atoms with van der Waals surface area (Å²) in [6, 6.07) is 2.95. The molecule has 0 aliphatic heterocycles. The number of amides is 2. The van der Waals surface area contributed by atoms with E-state index in [0.717, 1.165) is 0 Å². The first-order chi connectivity index (χ1) is 13.4. The zero-order valence-electron chi connectivity index (χ0n) is 15.5. The first kappa shape index (κ1) is 23.2. The number of aliphatic carboxylic acids is 1. The second-order valence-electron chi connectivity index (χ2n) is 5.25. The maximum atomic E-state index is 11.6. The van der Waals surface area contributed by atoms with Crippen molar-refractivity contribution < 1.29 is 33.7 Å². The van der Waals surface area contributed by atoms with Crippen molar-refractivity contribution in [2.24, 2.45) is 5.10 Å². The van der Waals surface area contributed by atoms with Crippen molar-refractivity contribution in [1.29, 1.82) is 0 Å². The summed E-state index contributed by atoms with van der Waals surface area (Å²) in [5, 5.41) is 14.9.